The van der Waals surface area contributed by atoms with Gasteiger partial charge in [0.1, 0.15) is 0 Å². The molecule has 1 N–H and O–H groups in total. The van der Waals surface area contributed by atoms with Crippen LogP contribution in [0.5, 0.6) is 0 Å². The molecule has 2 rings (SSSR count). The number of nitrogens with one attached hydrogen (secondary N) is 1. The molecule has 0 saturated carbocycles. The minimum Gasteiger partial charge on any atom is -0.317 e. The molecular weight excluding hydrogens is 290 g/mol. The fraction of sp³-hybridized carbons (Fsp3) is 0.565. The quantitative estimate of drug-likeness (QED) is 0.587. The predicted molar refractivity (Wildman–Crippen MR) is 111 cm³/mol. The van der Waals surface area contributed by atoms with Crippen LogP contribution < -0.4 is 5.32 Å². The van der Waals surface area contributed by atoms with Crippen molar-refractivity contribution in [1.29, 1.82) is 0 Å². The Morgan fingerprint density at radius 2 is 1.79 bits per heavy atom. The molecule has 0 aromatic carbocycles. The molecule has 0 fully saturated rings. The maximum Gasteiger partial charge on any atom is 0.0102 e. The first-order valence-electron chi connectivity index (χ1n) is 9.71. The zero-order valence-corrected chi connectivity index (χ0v) is 17.3. The summed E-state index contributed by atoms with van der Waals surface area (Å²) in [5.41, 5.74) is 7.04. The normalized spacial score (nSPS) is 19.8. The Labute approximate surface area is 151 Å². The lowest BCUT2D eigenvalue weighted by Crippen LogP contribution is -2.24. The van der Waals surface area contributed by atoms with Crippen LogP contribution in [0, 0.1) is 5.92 Å². The SMILES string of the molecule is C=C(CC(CC)NC)C1=C(C)C2=C(C=CC(C)C=C2)C1.CC.CC. The van der Waals surface area contributed by atoms with E-state index < -0.39 is 0 Å². The van der Waals surface area contributed by atoms with E-state index in [1.165, 1.54) is 27.9 Å². The minimum absolute atomic E-state index is 0.536. The van der Waals surface area contributed by atoms with Crippen molar-refractivity contribution in [3.63, 3.8) is 0 Å². The summed E-state index contributed by atoms with van der Waals surface area (Å²) in [7, 11) is 2.04. The maximum absolute atomic E-state index is 4.35. The highest BCUT2D eigenvalue weighted by Gasteiger charge is 2.22. The summed E-state index contributed by atoms with van der Waals surface area (Å²) in [4.78, 5) is 0. The van der Waals surface area contributed by atoms with Crippen LogP contribution in [0.4, 0.5) is 0 Å². The van der Waals surface area contributed by atoms with E-state index in [1.54, 1.807) is 0 Å². The molecule has 0 aliphatic heterocycles. The molecule has 0 amide bonds. The van der Waals surface area contributed by atoms with Gasteiger partial charge >= 0.3 is 0 Å². The van der Waals surface area contributed by atoms with Gasteiger partial charge in [-0.1, -0.05) is 72.4 Å². The van der Waals surface area contributed by atoms with E-state index in [4.69, 9.17) is 0 Å². The molecule has 136 valence electrons. The second-order valence-electron chi connectivity index (χ2n) is 6.00. The van der Waals surface area contributed by atoms with Crippen LogP contribution in [0.25, 0.3) is 0 Å². The van der Waals surface area contributed by atoms with Crippen molar-refractivity contribution in [1.82, 2.24) is 5.32 Å². The Morgan fingerprint density at radius 1 is 1.21 bits per heavy atom. The fourth-order valence-electron chi connectivity index (χ4n) is 3.04. The van der Waals surface area contributed by atoms with Gasteiger partial charge < -0.3 is 5.32 Å². The molecule has 24 heavy (non-hydrogen) atoms. The Hall–Kier alpha value is -1.34. The molecular formula is C23H39N. The second-order valence-corrected chi connectivity index (χ2v) is 6.00. The zero-order valence-electron chi connectivity index (χ0n) is 17.3. The number of hydrogen-bond donors (Lipinski definition) is 1. The van der Waals surface area contributed by atoms with E-state index >= 15 is 0 Å². The van der Waals surface area contributed by atoms with Crippen LogP contribution in [-0.4, -0.2) is 13.1 Å². The molecule has 0 saturated heterocycles. The van der Waals surface area contributed by atoms with Crippen LogP contribution in [-0.2, 0) is 0 Å². The van der Waals surface area contributed by atoms with Crippen molar-refractivity contribution in [2.45, 2.75) is 73.8 Å². The average molecular weight is 330 g/mol. The smallest absolute Gasteiger partial charge is 0.0102 e. The van der Waals surface area contributed by atoms with Gasteiger partial charge in [0.2, 0.25) is 0 Å². The van der Waals surface area contributed by atoms with Gasteiger partial charge in [-0.15, -0.1) is 0 Å². The van der Waals surface area contributed by atoms with Crippen LogP contribution in [0.1, 0.15) is 67.7 Å². The van der Waals surface area contributed by atoms with Crippen molar-refractivity contribution in [2.75, 3.05) is 7.05 Å². The van der Waals surface area contributed by atoms with Gasteiger partial charge in [-0.3, -0.25) is 0 Å². The van der Waals surface area contributed by atoms with E-state index in [-0.39, 0.29) is 0 Å². The first kappa shape index (κ1) is 22.7. The molecule has 0 bridgehead atoms. The third-order valence-electron chi connectivity index (χ3n) is 4.56. The van der Waals surface area contributed by atoms with E-state index in [9.17, 15) is 0 Å². The van der Waals surface area contributed by atoms with Gasteiger partial charge in [0.05, 0.1) is 0 Å². The largest absolute Gasteiger partial charge is 0.317 e. The molecule has 1 heteroatoms. The van der Waals surface area contributed by atoms with E-state index in [0.29, 0.717) is 12.0 Å². The minimum atomic E-state index is 0.536. The molecule has 0 spiro atoms. The summed E-state index contributed by atoms with van der Waals surface area (Å²) < 4.78 is 0. The molecule has 0 aromatic rings. The first-order chi connectivity index (χ1) is 11.6. The van der Waals surface area contributed by atoms with Crippen molar-refractivity contribution in [2.24, 2.45) is 5.92 Å². The molecule has 1 nitrogen and oxygen atoms in total. The zero-order chi connectivity index (χ0) is 18.7. The molecule has 2 unspecified atom stereocenters. The van der Waals surface area contributed by atoms with Gasteiger partial charge in [-0.25, -0.2) is 0 Å². The van der Waals surface area contributed by atoms with Crippen molar-refractivity contribution < 1.29 is 0 Å². The standard InChI is InChI=1S/C19H27N.2C2H6/c1-6-17(20-5)11-14(3)19-12-16-9-7-13(2)8-10-18(16)15(19)4;2*1-2/h7-10,13,17,20H,3,6,11-12H2,1-2,4-5H3;2*1-2H3. The van der Waals surface area contributed by atoms with Gasteiger partial charge in [0.15, 0.2) is 0 Å². The highest BCUT2D eigenvalue weighted by Crippen LogP contribution is 2.39. The van der Waals surface area contributed by atoms with E-state index in [2.05, 4.69) is 57.0 Å². The maximum atomic E-state index is 4.35. The van der Waals surface area contributed by atoms with Gasteiger partial charge in [0, 0.05) is 6.04 Å². The summed E-state index contributed by atoms with van der Waals surface area (Å²) in [6.07, 6.45) is 12.4. The fourth-order valence-corrected chi connectivity index (χ4v) is 3.04. The van der Waals surface area contributed by atoms with Crippen LogP contribution >= 0.6 is 0 Å². The molecule has 2 aliphatic rings. The molecule has 2 aliphatic carbocycles. The van der Waals surface area contributed by atoms with Crippen molar-refractivity contribution >= 4 is 0 Å². The Bertz CT molecular complexity index is 510. The lowest BCUT2D eigenvalue weighted by molar-refractivity contribution is 0.543. The molecule has 0 radical (unpaired) electrons. The summed E-state index contributed by atoms with van der Waals surface area (Å²) in [6.45, 7) is 19.0. The first-order valence-corrected chi connectivity index (χ1v) is 9.71. The Balaban J connectivity index is 0.00000123. The summed E-state index contributed by atoms with van der Waals surface area (Å²) in [5.74, 6) is 0.536. The highest BCUT2D eigenvalue weighted by atomic mass is 14.9. The highest BCUT2D eigenvalue weighted by molar-refractivity contribution is 5.60. The Kier molecular flexibility index (Phi) is 11.4. The molecule has 0 aromatic heterocycles. The van der Waals surface area contributed by atoms with Crippen LogP contribution in [0.15, 0.2) is 58.7 Å². The van der Waals surface area contributed by atoms with Gasteiger partial charge in [-0.2, -0.15) is 0 Å². The third kappa shape index (κ3) is 5.94. The van der Waals surface area contributed by atoms with Gasteiger partial charge in [0.25, 0.3) is 0 Å². The van der Waals surface area contributed by atoms with Gasteiger partial charge in [-0.05, 0) is 67.0 Å². The number of rotatable bonds is 5. The molecule has 2 atom stereocenters. The average Bonchev–Trinajstić information content (AvgIpc) is 2.82. The van der Waals surface area contributed by atoms with Crippen molar-refractivity contribution in [3.8, 4) is 0 Å². The topological polar surface area (TPSA) is 12.0 Å². The monoisotopic (exact) mass is 329 g/mol. The van der Waals surface area contributed by atoms with E-state index in [0.717, 1.165) is 19.3 Å². The predicted octanol–water partition coefficient (Wildman–Crippen LogP) is 6.76. The lowest BCUT2D eigenvalue weighted by Gasteiger charge is -2.17. The Morgan fingerprint density at radius 3 is 2.33 bits per heavy atom. The third-order valence-corrected chi connectivity index (χ3v) is 4.56. The van der Waals surface area contributed by atoms with Crippen LogP contribution in [0.2, 0.25) is 0 Å². The molecule has 0 heterocycles. The number of hydrogen-bond acceptors (Lipinski definition) is 1. The van der Waals surface area contributed by atoms with Crippen molar-refractivity contribution in [3.05, 3.63) is 58.7 Å². The summed E-state index contributed by atoms with van der Waals surface area (Å²) in [6, 6.07) is 0.536. The summed E-state index contributed by atoms with van der Waals surface area (Å²) >= 11 is 0. The second kappa shape index (κ2) is 12.1. The van der Waals surface area contributed by atoms with Crippen LogP contribution in [0.3, 0.4) is 0 Å². The van der Waals surface area contributed by atoms with E-state index in [1.807, 2.05) is 34.7 Å². The summed E-state index contributed by atoms with van der Waals surface area (Å²) in [5, 5.41) is 3.37. The number of allylic oxidation sites excluding steroid dienone is 8. The lowest BCUT2D eigenvalue weighted by atomic mass is 9.94.